The van der Waals surface area contributed by atoms with Crippen molar-refractivity contribution in [3.63, 3.8) is 0 Å². The molecule has 0 N–H and O–H groups in total. The maximum Gasteiger partial charge on any atom is 0.140 e. The highest BCUT2D eigenvalue weighted by molar-refractivity contribution is 5.84. The van der Waals surface area contributed by atoms with Crippen molar-refractivity contribution in [2.24, 2.45) is 14.1 Å². The first-order valence-electron chi connectivity index (χ1n) is 10.3. The third-order valence-corrected chi connectivity index (χ3v) is 5.89. The lowest BCUT2D eigenvalue weighted by Crippen LogP contribution is -2.12. The Balaban J connectivity index is 1.78. The number of imidazole rings is 2. The maximum absolute atomic E-state index is 4.94. The molecule has 2 aromatic heterocycles. The van der Waals surface area contributed by atoms with Crippen LogP contribution < -0.4 is 0 Å². The molecule has 5 rings (SSSR count). The molecular formula is C26H26N4. The van der Waals surface area contributed by atoms with Gasteiger partial charge in [-0.2, -0.15) is 0 Å². The van der Waals surface area contributed by atoms with E-state index in [0.29, 0.717) is 0 Å². The van der Waals surface area contributed by atoms with Crippen LogP contribution in [0.3, 0.4) is 0 Å². The zero-order chi connectivity index (χ0) is 21.0. The molecule has 2 heterocycles. The molecule has 4 heteroatoms. The van der Waals surface area contributed by atoms with E-state index in [-0.39, 0.29) is 5.41 Å². The van der Waals surface area contributed by atoms with Gasteiger partial charge in [-0.3, -0.25) is 0 Å². The van der Waals surface area contributed by atoms with E-state index in [4.69, 9.17) is 9.97 Å². The number of aryl methyl sites for hydroxylation is 2. The molecule has 150 valence electrons. The van der Waals surface area contributed by atoms with Gasteiger partial charge in [0.1, 0.15) is 11.6 Å². The number of aromatic nitrogens is 4. The topological polar surface area (TPSA) is 35.6 Å². The molecule has 0 amide bonds. The third kappa shape index (κ3) is 2.91. The van der Waals surface area contributed by atoms with Crippen LogP contribution >= 0.6 is 0 Å². The second kappa shape index (κ2) is 6.56. The molecule has 0 unspecified atom stereocenters. The SMILES string of the molecule is Cn1c(-c2cc(-c3nc4ccccc4n3C)cc(C(C)(C)C)c2)nc2ccccc21. The molecule has 0 atom stereocenters. The van der Waals surface area contributed by atoms with Gasteiger partial charge in [-0.05, 0) is 53.4 Å². The van der Waals surface area contributed by atoms with Crippen molar-refractivity contribution in [2.75, 3.05) is 0 Å². The van der Waals surface area contributed by atoms with Gasteiger partial charge in [0.2, 0.25) is 0 Å². The highest BCUT2D eigenvalue weighted by atomic mass is 15.1. The summed E-state index contributed by atoms with van der Waals surface area (Å²) in [5, 5.41) is 0. The molecule has 0 saturated heterocycles. The number of para-hydroxylation sites is 4. The lowest BCUT2D eigenvalue weighted by atomic mass is 9.85. The van der Waals surface area contributed by atoms with Crippen LogP contribution in [0.4, 0.5) is 0 Å². The van der Waals surface area contributed by atoms with E-state index < -0.39 is 0 Å². The summed E-state index contributed by atoms with van der Waals surface area (Å²) < 4.78 is 4.35. The summed E-state index contributed by atoms with van der Waals surface area (Å²) in [6.07, 6.45) is 0. The van der Waals surface area contributed by atoms with Crippen molar-refractivity contribution in [3.8, 4) is 22.8 Å². The molecule has 0 saturated carbocycles. The van der Waals surface area contributed by atoms with Crippen molar-refractivity contribution >= 4 is 22.1 Å². The molecule has 4 nitrogen and oxygen atoms in total. The van der Waals surface area contributed by atoms with Crippen LogP contribution in [0.5, 0.6) is 0 Å². The van der Waals surface area contributed by atoms with Crippen LogP contribution in [-0.4, -0.2) is 19.1 Å². The minimum atomic E-state index is 0.0138. The van der Waals surface area contributed by atoms with Crippen molar-refractivity contribution in [3.05, 3.63) is 72.3 Å². The first-order valence-corrected chi connectivity index (χ1v) is 10.3. The molecule has 0 spiro atoms. The van der Waals surface area contributed by atoms with Gasteiger partial charge in [0.25, 0.3) is 0 Å². The summed E-state index contributed by atoms with van der Waals surface area (Å²) in [5.41, 5.74) is 7.82. The van der Waals surface area contributed by atoms with Gasteiger partial charge in [-0.25, -0.2) is 9.97 Å². The zero-order valence-electron chi connectivity index (χ0n) is 18.1. The predicted octanol–water partition coefficient (Wildman–Crippen LogP) is 6.09. The summed E-state index contributed by atoms with van der Waals surface area (Å²) in [4.78, 5) is 9.88. The number of benzene rings is 3. The summed E-state index contributed by atoms with van der Waals surface area (Å²) in [7, 11) is 4.17. The molecule has 0 aliphatic rings. The quantitative estimate of drug-likeness (QED) is 0.363. The number of fused-ring (bicyclic) bond motifs is 2. The summed E-state index contributed by atoms with van der Waals surface area (Å²) >= 11 is 0. The Morgan fingerprint density at radius 3 is 1.47 bits per heavy atom. The van der Waals surface area contributed by atoms with E-state index in [2.05, 4.69) is 98.6 Å². The van der Waals surface area contributed by atoms with Gasteiger partial charge in [-0.15, -0.1) is 0 Å². The normalized spacial score (nSPS) is 12.2. The fourth-order valence-corrected chi connectivity index (χ4v) is 4.13. The largest absolute Gasteiger partial charge is 0.327 e. The predicted molar refractivity (Wildman–Crippen MR) is 125 cm³/mol. The molecule has 30 heavy (non-hydrogen) atoms. The minimum absolute atomic E-state index is 0.0138. The molecule has 0 aliphatic heterocycles. The van der Waals surface area contributed by atoms with Crippen molar-refractivity contribution in [2.45, 2.75) is 26.2 Å². The molecule has 0 aliphatic carbocycles. The summed E-state index contributed by atoms with van der Waals surface area (Å²) in [6, 6.07) is 23.3. The van der Waals surface area contributed by atoms with Gasteiger partial charge in [-0.1, -0.05) is 45.0 Å². The Morgan fingerprint density at radius 2 is 1.07 bits per heavy atom. The lowest BCUT2D eigenvalue weighted by Gasteiger charge is -2.21. The Bertz CT molecular complexity index is 1300. The fraction of sp³-hybridized carbons (Fsp3) is 0.231. The van der Waals surface area contributed by atoms with Gasteiger partial charge >= 0.3 is 0 Å². The van der Waals surface area contributed by atoms with Crippen LogP contribution in [0.2, 0.25) is 0 Å². The minimum Gasteiger partial charge on any atom is -0.327 e. The Morgan fingerprint density at radius 1 is 0.633 bits per heavy atom. The summed E-state index contributed by atoms with van der Waals surface area (Å²) in [5.74, 6) is 1.95. The van der Waals surface area contributed by atoms with Crippen LogP contribution in [0.15, 0.2) is 66.7 Å². The van der Waals surface area contributed by atoms with Gasteiger partial charge < -0.3 is 9.13 Å². The fourth-order valence-electron chi connectivity index (χ4n) is 4.13. The van der Waals surface area contributed by atoms with E-state index >= 15 is 0 Å². The lowest BCUT2D eigenvalue weighted by molar-refractivity contribution is 0.590. The van der Waals surface area contributed by atoms with Crippen LogP contribution in [0.25, 0.3) is 44.8 Å². The number of hydrogen-bond donors (Lipinski definition) is 0. The zero-order valence-corrected chi connectivity index (χ0v) is 18.1. The molecule has 0 bridgehead atoms. The monoisotopic (exact) mass is 394 g/mol. The smallest absolute Gasteiger partial charge is 0.140 e. The second-order valence-corrected chi connectivity index (χ2v) is 9.02. The first kappa shape index (κ1) is 18.6. The Kier molecular flexibility index (Phi) is 4.07. The van der Waals surface area contributed by atoms with Gasteiger partial charge in [0, 0.05) is 25.2 Å². The highest BCUT2D eigenvalue weighted by Gasteiger charge is 2.20. The van der Waals surface area contributed by atoms with E-state index in [0.717, 1.165) is 44.8 Å². The average molecular weight is 395 g/mol. The van der Waals surface area contributed by atoms with Gasteiger partial charge in [0.15, 0.2) is 0 Å². The molecule has 3 aromatic carbocycles. The molecule has 0 fully saturated rings. The number of hydrogen-bond acceptors (Lipinski definition) is 2. The van der Waals surface area contributed by atoms with Crippen LogP contribution in [0, 0.1) is 0 Å². The second-order valence-electron chi connectivity index (χ2n) is 9.02. The molecular weight excluding hydrogens is 368 g/mol. The highest BCUT2D eigenvalue weighted by Crippen LogP contribution is 2.34. The first-order chi connectivity index (χ1) is 14.3. The van der Waals surface area contributed by atoms with E-state index in [1.165, 1.54) is 5.56 Å². The van der Waals surface area contributed by atoms with Crippen LogP contribution in [0.1, 0.15) is 26.3 Å². The van der Waals surface area contributed by atoms with Gasteiger partial charge in [0.05, 0.1) is 22.1 Å². The standard InChI is InChI=1S/C26H26N4/c1-26(2,3)19-15-17(24-27-20-10-6-8-12-22(20)29(24)4)14-18(16-19)25-28-21-11-7-9-13-23(21)30(25)5/h6-16H,1-5H3. The summed E-state index contributed by atoms with van der Waals surface area (Å²) in [6.45, 7) is 6.75. The maximum atomic E-state index is 4.94. The average Bonchev–Trinajstić information content (AvgIpc) is 3.25. The van der Waals surface area contributed by atoms with E-state index in [1.807, 2.05) is 12.1 Å². The third-order valence-electron chi connectivity index (χ3n) is 5.89. The number of nitrogens with zero attached hydrogens (tertiary/aromatic N) is 4. The Hall–Kier alpha value is -3.40. The van der Waals surface area contributed by atoms with E-state index in [9.17, 15) is 0 Å². The van der Waals surface area contributed by atoms with Crippen molar-refractivity contribution < 1.29 is 0 Å². The van der Waals surface area contributed by atoms with Crippen LogP contribution in [-0.2, 0) is 19.5 Å². The van der Waals surface area contributed by atoms with Crippen molar-refractivity contribution in [1.29, 1.82) is 0 Å². The number of rotatable bonds is 2. The molecule has 0 radical (unpaired) electrons. The molecule has 5 aromatic rings. The van der Waals surface area contributed by atoms with E-state index in [1.54, 1.807) is 0 Å². The Labute approximate surface area is 176 Å². The van der Waals surface area contributed by atoms with Crippen molar-refractivity contribution in [1.82, 2.24) is 19.1 Å².